The third kappa shape index (κ3) is 3.85. The highest BCUT2D eigenvalue weighted by Crippen LogP contribution is 2.20. The van der Waals surface area contributed by atoms with Gasteiger partial charge in [0.15, 0.2) is 0 Å². The van der Waals surface area contributed by atoms with Crippen molar-refractivity contribution in [2.24, 2.45) is 0 Å². The maximum absolute atomic E-state index is 12.7. The van der Waals surface area contributed by atoms with Crippen LogP contribution in [0.15, 0.2) is 28.5 Å². The van der Waals surface area contributed by atoms with E-state index < -0.39 is 5.56 Å². The van der Waals surface area contributed by atoms with E-state index in [1.807, 2.05) is 13.8 Å². The van der Waals surface area contributed by atoms with Gasteiger partial charge in [-0.3, -0.25) is 14.4 Å². The van der Waals surface area contributed by atoms with E-state index in [2.05, 4.69) is 9.97 Å². The first-order chi connectivity index (χ1) is 12.5. The molecule has 3 rings (SSSR count). The second kappa shape index (κ2) is 7.82. The van der Waals surface area contributed by atoms with E-state index in [-0.39, 0.29) is 17.4 Å². The molecule has 1 saturated heterocycles. The van der Waals surface area contributed by atoms with Gasteiger partial charge in [-0.15, -0.1) is 11.3 Å². The molecular weight excluding hydrogens is 352 g/mol. The number of hydrogen-bond acceptors (Lipinski definition) is 5. The lowest BCUT2D eigenvalue weighted by atomic mass is 10.2. The molecule has 0 aromatic carbocycles. The molecular formula is C18H22N4O3S. The lowest BCUT2D eigenvalue weighted by Crippen LogP contribution is -2.39. The molecule has 0 unspecified atom stereocenters. The van der Waals surface area contributed by atoms with Crippen molar-refractivity contribution in [2.45, 2.75) is 26.2 Å². The Morgan fingerprint density at radius 1 is 1.15 bits per heavy atom. The van der Waals surface area contributed by atoms with Crippen LogP contribution < -0.4 is 5.56 Å². The summed E-state index contributed by atoms with van der Waals surface area (Å²) >= 11 is 1.50. The predicted octanol–water partition coefficient (Wildman–Crippen LogP) is 1.94. The van der Waals surface area contributed by atoms with Crippen molar-refractivity contribution in [3.8, 4) is 0 Å². The van der Waals surface area contributed by atoms with Crippen LogP contribution in [0.5, 0.6) is 0 Å². The highest BCUT2D eigenvalue weighted by atomic mass is 32.1. The molecule has 3 heterocycles. The molecule has 0 radical (unpaired) electrons. The van der Waals surface area contributed by atoms with Crippen molar-refractivity contribution < 1.29 is 9.59 Å². The van der Waals surface area contributed by atoms with Crippen molar-refractivity contribution in [1.82, 2.24) is 19.8 Å². The zero-order valence-corrected chi connectivity index (χ0v) is 15.7. The van der Waals surface area contributed by atoms with Gasteiger partial charge in [0.2, 0.25) is 0 Å². The maximum Gasteiger partial charge on any atom is 0.273 e. The monoisotopic (exact) mass is 374 g/mol. The first kappa shape index (κ1) is 18.3. The normalized spacial score (nSPS) is 15.2. The van der Waals surface area contributed by atoms with Crippen molar-refractivity contribution in [1.29, 1.82) is 0 Å². The zero-order chi connectivity index (χ0) is 18.7. The largest absolute Gasteiger partial charge is 0.337 e. The summed E-state index contributed by atoms with van der Waals surface area (Å²) in [6.45, 7) is 6.03. The van der Waals surface area contributed by atoms with Crippen molar-refractivity contribution in [2.75, 3.05) is 26.2 Å². The van der Waals surface area contributed by atoms with Gasteiger partial charge in [-0.25, -0.2) is 4.98 Å². The van der Waals surface area contributed by atoms with Crippen LogP contribution in [0.4, 0.5) is 0 Å². The minimum Gasteiger partial charge on any atom is -0.337 e. The highest BCUT2D eigenvalue weighted by molar-refractivity contribution is 7.09. The molecule has 1 aliphatic heterocycles. The molecule has 1 N–H and O–H groups in total. The molecule has 0 bridgehead atoms. The fraction of sp³-hybridized carbons (Fsp3) is 0.444. The summed E-state index contributed by atoms with van der Waals surface area (Å²) in [6.07, 6.45) is 2.17. The van der Waals surface area contributed by atoms with Crippen LogP contribution >= 0.6 is 11.3 Å². The lowest BCUT2D eigenvalue weighted by Gasteiger charge is -2.21. The first-order valence-corrected chi connectivity index (χ1v) is 9.57. The summed E-state index contributed by atoms with van der Waals surface area (Å²) in [6, 6.07) is 3.16. The van der Waals surface area contributed by atoms with Gasteiger partial charge in [0.1, 0.15) is 11.3 Å². The summed E-state index contributed by atoms with van der Waals surface area (Å²) in [7, 11) is 0. The second-order valence-corrected chi connectivity index (χ2v) is 7.47. The molecule has 2 aromatic rings. The van der Waals surface area contributed by atoms with Gasteiger partial charge in [-0.1, -0.05) is 13.8 Å². The Labute approximate surface area is 155 Å². The zero-order valence-electron chi connectivity index (χ0n) is 14.9. The van der Waals surface area contributed by atoms with E-state index >= 15 is 0 Å². The average Bonchev–Trinajstić information content (AvgIpc) is 3.00. The van der Waals surface area contributed by atoms with Gasteiger partial charge < -0.3 is 14.8 Å². The fourth-order valence-electron chi connectivity index (χ4n) is 2.90. The molecule has 0 saturated carbocycles. The van der Waals surface area contributed by atoms with Crippen LogP contribution in [-0.2, 0) is 0 Å². The molecule has 7 nitrogen and oxygen atoms in total. The summed E-state index contributed by atoms with van der Waals surface area (Å²) in [4.78, 5) is 47.4. The van der Waals surface area contributed by atoms with Gasteiger partial charge in [0.05, 0.1) is 5.01 Å². The average molecular weight is 374 g/mol. The van der Waals surface area contributed by atoms with Gasteiger partial charge >= 0.3 is 0 Å². The Hall–Kier alpha value is -2.48. The van der Waals surface area contributed by atoms with Crippen molar-refractivity contribution in [3.05, 3.63) is 50.3 Å². The Bertz CT molecular complexity index is 858. The number of aromatic amines is 1. The Morgan fingerprint density at radius 2 is 1.85 bits per heavy atom. The number of thiazole rings is 1. The second-order valence-electron chi connectivity index (χ2n) is 6.58. The number of amides is 2. The third-order valence-electron chi connectivity index (χ3n) is 4.35. The van der Waals surface area contributed by atoms with E-state index in [9.17, 15) is 14.4 Å². The van der Waals surface area contributed by atoms with Crippen LogP contribution in [0.2, 0.25) is 0 Å². The lowest BCUT2D eigenvalue weighted by molar-refractivity contribution is 0.0715. The number of H-pyrrole nitrogens is 1. The summed E-state index contributed by atoms with van der Waals surface area (Å²) < 4.78 is 0. The van der Waals surface area contributed by atoms with Crippen LogP contribution in [0.25, 0.3) is 0 Å². The Morgan fingerprint density at radius 3 is 2.46 bits per heavy atom. The third-order valence-corrected chi connectivity index (χ3v) is 5.50. The van der Waals surface area contributed by atoms with Crippen molar-refractivity contribution in [3.63, 3.8) is 0 Å². The molecule has 26 heavy (non-hydrogen) atoms. The van der Waals surface area contributed by atoms with E-state index in [1.54, 1.807) is 21.2 Å². The molecule has 2 amide bonds. The number of aromatic nitrogens is 2. The van der Waals surface area contributed by atoms with E-state index in [0.717, 1.165) is 5.01 Å². The number of carbonyl (C=O) groups is 2. The standard InChI is InChI=1S/C18H22N4O3S/c1-12(2)16-20-14(11-26-16)18(25)22-8-4-7-21(9-10-22)17(24)13-5-3-6-19-15(13)23/h3,5-6,11-12H,4,7-10H2,1-2H3,(H,19,23). The van der Waals surface area contributed by atoms with Gasteiger partial charge in [0, 0.05) is 43.7 Å². The quantitative estimate of drug-likeness (QED) is 0.890. The van der Waals surface area contributed by atoms with Crippen LogP contribution in [0, 0.1) is 0 Å². The number of carbonyl (C=O) groups excluding carboxylic acids is 2. The van der Waals surface area contributed by atoms with Gasteiger partial charge in [0.25, 0.3) is 17.4 Å². The van der Waals surface area contributed by atoms with Crippen LogP contribution in [-0.4, -0.2) is 57.8 Å². The first-order valence-electron chi connectivity index (χ1n) is 8.69. The Kier molecular flexibility index (Phi) is 5.51. The molecule has 0 aliphatic carbocycles. The molecule has 0 spiro atoms. The topological polar surface area (TPSA) is 86.4 Å². The molecule has 2 aromatic heterocycles. The highest BCUT2D eigenvalue weighted by Gasteiger charge is 2.25. The molecule has 1 aliphatic rings. The number of rotatable bonds is 3. The van der Waals surface area contributed by atoms with Crippen molar-refractivity contribution >= 4 is 23.2 Å². The van der Waals surface area contributed by atoms with E-state index in [4.69, 9.17) is 0 Å². The van der Waals surface area contributed by atoms with E-state index in [1.165, 1.54) is 23.6 Å². The predicted molar refractivity (Wildman–Crippen MR) is 99.7 cm³/mol. The van der Waals surface area contributed by atoms with Gasteiger partial charge in [-0.05, 0) is 18.6 Å². The summed E-state index contributed by atoms with van der Waals surface area (Å²) in [5, 5.41) is 2.75. The van der Waals surface area contributed by atoms with E-state index in [0.29, 0.717) is 44.2 Å². The fourth-order valence-corrected chi connectivity index (χ4v) is 3.71. The summed E-state index contributed by atoms with van der Waals surface area (Å²) in [5.74, 6) is -0.0975. The molecule has 8 heteroatoms. The number of nitrogens with zero attached hydrogens (tertiary/aromatic N) is 3. The number of nitrogens with one attached hydrogen (secondary N) is 1. The minimum atomic E-state index is -0.390. The number of pyridine rings is 1. The SMILES string of the molecule is CC(C)c1nc(C(=O)N2CCCN(C(=O)c3ccc[nH]c3=O)CC2)cs1. The van der Waals surface area contributed by atoms with Crippen LogP contribution in [0.1, 0.15) is 52.0 Å². The van der Waals surface area contributed by atoms with Gasteiger partial charge in [-0.2, -0.15) is 0 Å². The molecule has 138 valence electrons. The number of hydrogen-bond donors (Lipinski definition) is 1. The smallest absolute Gasteiger partial charge is 0.273 e. The Balaban J connectivity index is 1.68. The summed E-state index contributed by atoms with van der Waals surface area (Å²) in [5.41, 5.74) is 0.213. The molecule has 0 atom stereocenters. The molecule has 1 fully saturated rings. The van der Waals surface area contributed by atoms with Crippen LogP contribution in [0.3, 0.4) is 0 Å². The minimum absolute atomic E-state index is 0.0972. The maximum atomic E-state index is 12.7.